The summed E-state index contributed by atoms with van der Waals surface area (Å²) in [4.78, 5) is 14.5. The van der Waals surface area contributed by atoms with Crippen LogP contribution in [-0.4, -0.2) is 18.8 Å². The summed E-state index contributed by atoms with van der Waals surface area (Å²) >= 11 is 0. The van der Waals surface area contributed by atoms with Crippen molar-refractivity contribution in [2.75, 3.05) is 24.8 Å². The number of hydrogen-bond acceptors (Lipinski definition) is 3. The van der Waals surface area contributed by atoms with Gasteiger partial charge in [-0.05, 0) is 43.9 Å². The number of anilines is 1. The first kappa shape index (κ1) is 17.1. The number of nitrogens with two attached hydrogens (primary N) is 1. The summed E-state index contributed by atoms with van der Waals surface area (Å²) in [6.45, 7) is 8.24. The Balaban J connectivity index is 2.71. The maximum absolute atomic E-state index is 12.6. The molecule has 0 radical (unpaired) electrons. The summed E-state index contributed by atoms with van der Waals surface area (Å²) in [6.07, 6.45) is 1.60. The van der Waals surface area contributed by atoms with Crippen LogP contribution in [0.1, 0.15) is 40.4 Å². The average molecular weight is 313 g/mol. The number of nitrogen functional groups attached to an aromatic ring is 1. The Morgan fingerprint density at radius 2 is 1.61 bits per heavy atom. The molecule has 0 unspecified atom stereocenters. The van der Waals surface area contributed by atoms with Crippen LogP contribution in [0.2, 0.25) is 0 Å². The molecule has 2 N–H and O–H groups in total. The summed E-state index contributed by atoms with van der Waals surface area (Å²) in [6, 6.07) is 6.55. The molecule has 1 aromatic heterocycles. The lowest BCUT2D eigenvalue weighted by molar-refractivity contribution is 0.829. The second-order valence-corrected chi connectivity index (χ2v) is 6.49. The van der Waals surface area contributed by atoms with Crippen LogP contribution in [0.25, 0.3) is 0 Å². The third kappa shape index (κ3) is 3.26. The van der Waals surface area contributed by atoms with Gasteiger partial charge in [-0.1, -0.05) is 36.2 Å². The van der Waals surface area contributed by atoms with E-state index in [1.807, 2.05) is 25.9 Å². The number of aryl methyl sites for hydroxylation is 2. The van der Waals surface area contributed by atoms with E-state index in [4.69, 9.17) is 5.84 Å². The number of hydrogen-bond donors (Lipinski definition) is 1. The van der Waals surface area contributed by atoms with Gasteiger partial charge in [0.05, 0.1) is 0 Å². The molecule has 23 heavy (non-hydrogen) atoms. The highest BCUT2D eigenvalue weighted by Gasteiger charge is 2.19. The molecule has 4 heteroatoms. The molecular formula is C19H27N3O. The summed E-state index contributed by atoms with van der Waals surface area (Å²) in [5.74, 6) is 5.98. The van der Waals surface area contributed by atoms with Crippen LogP contribution in [0.4, 0.5) is 5.69 Å². The van der Waals surface area contributed by atoms with Crippen LogP contribution < -0.4 is 16.3 Å². The molecule has 2 aromatic rings. The van der Waals surface area contributed by atoms with E-state index in [9.17, 15) is 4.79 Å². The molecule has 1 aromatic carbocycles. The molecule has 0 atom stereocenters. The molecule has 0 amide bonds. The fourth-order valence-corrected chi connectivity index (χ4v) is 3.40. The molecule has 0 fully saturated rings. The topological polar surface area (TPSA) is 51.3 Å². The number of aromatic nitrogens is 1. The first-order chi connectivity index (χ1) is 10.8. The van der Waals surface area contributed by atoms with Gasteiger partial charge in [0.2, 0.25) is 0 Å². The quantitative estimate of drug-likeness (QED) is 0.883. The number of pyridine rings is 1. The van der Waals surface area contributed by atoms with Crippen molar-refractivity contribution in [3.05, 3.63) is 62.1 Å². The number of rotatable bonds is 4. The average Bonchev–Trinajstić information content (AvgIpc) is 2.44. The van der Waals surface area contributed by atoms with E-state index in [1.165, 1.54) is 21.4 Å². The van der Waals surface area contributed by atoms with E-state index in [1.54, 1.807) is 0 Å². The fourth-order valence-electron chi connectivity index (χ4n) is 3.40. The molecule has 0 aliphatic carbocycles. The van der Waals surface area contributed by atoms with Gasteiger partial charge in [0, 0.05) is 26.2 Å². The van der Waals surface area contributed by atoms with Gasteiger partial charge >= 0.3 is 0 Å². The van der Waals surface area contributed by atoms with Gasteiger partial charge in [-0.25, -0.2) is 4.68 Å². The van der Waals surface area contributed by atoms with Crippen molar-refractivity contribution in [2.45, 2.75) is 40.5 Å². The van der Waals surface area contributed by atoms with Gasteiger partial charge in [0.25, 0.3) is 5.56 Å². The summed E-state index contributed by atoms with van der Waals surface area (Å²) in [5, 5.41) is 0. The highest BCUT2D eigenvalue weighted by atomic mass is 16.1. The Morgan fingerprint density at radius 3 is 2.09 bits per heavy atom. The van der Waals surface area contributed by atoms with Crippen LogP contribution in [-0.2, 0) is 12.8 Å². The molecule has 124 valence electrons. The van der Waals surface area contributed by atoms with Crippen molar-refractivity contribution in [1.82, 2.24) is 4.68 Å². The van der Waals surface area contributed by atoms with Crippen LogP contribution in [0, 0.1) is 20.8 Å². The summed E-state index contributed by atoms with van der Waals surface area (Å²) < 4.78 is 1.28. The van der Waals surface area contributed by atoms with Gasteiger partial charge in [-0.2, -0.15) is 0 Å². The van der Waals surface area contributed by atoms with E-state index < -0.39 is 0 Å². The highest BCUT2D eigenvalue weighted by Crippen LogP contribution is 2.25. The minimum Gasteiger partial charge on any atom is -0.373 e. The maximum atomic E-state index is 12.6. The summed E-state index contributed by atoms with van der Waals surface area (Å²) in [5.41, 5.74) is 7.37. The van der Waals surface area contributed by atoms with Gasteiger partial charge < -0.3 is 10.7 Å². The van der Waals surface area contributed by atoms with Crippen LogP contribution in [0.5, 0.6) is 0 Å². The molecule has 4 nitrogen and oxygen atoms in total. The monoisotopic (exact) mass is 313 g/mol. The van der Waals surface area contributed by atoms with Crippen molar-refractivity contribution in [3.8, 4) is 0 Å². The Hall–Kier alpha value is -2.23. The molecule has 0 spiro atoms. The largest absolute Gasteiger partial charge is 0.373 e. The van der Waals surface area contributed by atoms with Gasteiger partial charge in [-0.15, -0.1) is 0 Å². The minimum absolute atomic E-state index is 0.135. The lowest BCUT2D eigenvalue weighted by Gasteiger charge is -2.23. The van der Waals surface area contributed by atoms with Crippen LogP contribution in [0.15, 0.2) is 23.0 Å². The maximum Gasteiger partial charge on any atom is 0.292 e. The van der Waals surface area contributed by atoms with Crippen LogP contribution in [0.3, 0.4) is 0 Å². The Morgan fingerprint density at radius 1 is 1.04 bits per heavy atom. The van der Waals surface area contributed by atoms with E-state index >= 15 is 0 Å². The molecule has 0 aliphatic rings. The predicted octanol–water partition coefficient (Wildman–Crippen LogP) is 2.71. The standard InChI is InChI=1S/C19H27N3O/c1-7-16-14(4)22(20)19(23)18(21(5)6)17(16)11-15-9-12(2)8-13(3)10-15/h8-10H,7,11,20H2,1-6H3. The van der Waals surface area contributed by atoms with E-state index in [0.717, 1.165) is 29.7 Å². The van der Waals surface area contributed by atoms with Crippen molar-refractivity contribution in [1.29, 1.82) is 0 Å². The SMILES string of the molecule is CCc1c(Cc2cc(C)cc(C)c2)c(N(C)C)c(=O)n(N)c1C. The third-order valence-corrected chi connectivity index (χ3v) is 4.33. The molecule has 0 saturated heterocycles. The number of nitrogens with zero attached hydrogens (tertiary/aromatic N) is 2. The van der Waals surface area contributed by atoms with E-state index in [2.05, 4.69) is 39.0 Å². The van der Waals surface area contributed by atoms with Gasteiger partial charge in [0.15, 0.2) is 0 Å². The van der Waals surface area contributed by atoms with Crippen molar-refractivity contribution < 1.29 is 0 Å². The normalized spacial score (nSPS) is 10.9. The third-order valence-electron chi connectivity index (χ3n) is 4.33. The van der Waals surface area contributed by atoms with Crippen LogP contribution >= 0.6 is 0 Å². The molecule has 0 aliphatic heterocycles. The zero-order chi connectivity index (χ0) is 17.3. The highest BCUT2D eigenvalue weighted by molar-refractivity contribution is 5.58. The molecule has 0 saturated carbocycles. The second-order valence-electron chi connectivity index (χ2n) is 6.49. The second kappa shape index (κ2) is 6.49. The molecular weight excluding hydrogens is 286 g/mol. The molecule has 2 rings (SSSR count). The first-order valence-electron chi connectivity index (χ1n) is 8.03. The van der Waals surface area contributed by atoms with E-state index in [-0.39, 0.29) is 5.56 Å². The predicted molar refractivity (Wildman–Crippen MR) is 98.0 cm³/mol. The zero-order valence-electron chi connectivity index (χ0n) is 15.0. The van der Waals surface area contributed by atoms with Crippen molar-refractivity contribution in [2.24, 2.45) is 0 Å². The van der Waals surface area contributed by atoms with E-state index in [0.29, 0.717) is 5.69 Å². The number of benzene rings is 1. The molecule has 0 bridgehead atoms. The lowest BCUT2D eigenvalue weighted by Crippen LogP contribution is -2.36. The Bertz CT molecular complexity index is 768. The Kier molecular flexibility index (Phi) is 4.83. The summed E-state index contributed by atoms with van der Waals surface area (Å²) in [7, 11) is 3.80. The minimum atomic E-state index is -0.135. The zero-order valence-corrected chi connectivity index (χ0v) is 15.0. The first-order valence-corrected chi connectivity index (χ1v) is 8.03. The molecule has 1 heterocycles. The Labute approximate surface area is 138 Å². The van der Waals surface area contributed by atoms with Crippen molar-refractivity contribution >= 4 is 5.69 Å². The van der Waals surface area contributed by atoms with Crippen molar-refractivity contribution in [3.63, 3.8) is 0 Å². The fraction of sp³-hybridized carbons (Fsp3) is 0.421. The lowest BCUT2D eigenvalue weighted by atomic mass is 9.94. The van der Waals surface area contributed by atoms with Gasteiger partial charge in [0.1, 0.15) is 5.69 Å². The van der Waals surface area contributed by atoms with Gasteiger partial charge in [-0.3, -0.25) is 4.79 Å². The smallest absolute Gasteiger partial charge is 0.292 e.